The number of fused-ring (bicyclic) bond motifs is 3. The second-order valence-corrected chi connectivity index (χ2v) is 9.82. The van der Waals surface area contributed by atoms with E-state index in [1.165, 1.54) is 13.3 Å². The molecule has 12 heteroatoms. The van der Waals surface area contributed by atoms with Gasteiger partial charge in [-0.25, -0.2) is 14.8 Å². The van der Waals surface area contributed by atoms with Crippen molar-refractivity contribution in [2.75, 3.05) is 53.1 Å². The van der Waals surface area contributed by atoms with Crippen molar-refractivity contribution in [1.29, 1.82) is 0 Å². The molecule has 2 fully saturated rings. The number of likely N-dealkylation sites (tertiary alicyclic amines) is 1. The first-order valence-electron chi connectivity index (χ1n) is 13.3. The summed E-state index contributed by atoms with van der Waals surface area (Å²) in [5.41, 5.74) is 1.68. The van der Waals surface area contributed by atoms with Crippen LogP contribution in [0.15, 0.2) is 51.8 Å². The first-order chi connectivity index (χ1) is 19.4. The quantitative estimate of drug-likeness (QED) is 0.213. The standard InChI is InChI=1S/C28H33N7O5/c1-4-19(15-29-18(2)33-11-13-40-14-12-33)22-5-6-23-25(31-22)26-21(16-30-23)27(37)32-28(38)35(26)20-7-9-34(10-8-20)24(36)17-39-3/h4-6,15-16,20H,1,7-14,17H2,2-3H3,(H,32,37,38)/b19-15+,29-18+. The van der Waals surface area contributed by atoms with E-state index in [9.17, 15) is 14.4 Å². The fraction of sp³-hybridized carbons (Fsp3) is 0.429. The Morgan fingerprint density at radius 3 is 2.65 bits per heavy atom. The number of ether oxygens (including phenoxy) is 2. The molecule has 2 aliphatic heterocycles. The molecule has 1 amide bonds. The third-order valence-corrected chi connectivity index (χ3v) is 7.44. The van der Waals surface area contributed by atoms with Crippen LogP contribution in [0.25, 0.3) is 27.5 Å². The van der Waals surface area contributed by atoms with Crippen molar-refractivity contribution in [3.63, 3.8) is 0 Å². The molecular formula is C28H33N7O5. The van der Waals surface area contributed by atoms with Crippen molar-refractivity contribution in [2.24, 2.45) is 4.99 Å². The van der Waals surface area contributed by atoms with Crippen molar-refractivity contribution in [2.45, 2.75) is 25.8 Å². The van der Waals surface area contributed by atoms with Gasteiger partial charge in [0.2, 0.25) is 5.91 Å². The first kappa shape index (κ1) is 27.4. The van der Waals surface area contributed by atoms with Crippen LogP contribution in [-0.2, 0) is 14.3 Å². The number of rotatable bonds is 6. The molecule has 210 valence electrons. The number of allylic oxidation sites excluding steroid dienone is 2. The molecule has 0 aliphatic carbocycles. The number of amides is 1. The van der Waals surface area contributed by atoms with E-state index < -0.39 is 11.2 Å². The molecule has 40 heavy (non-hydrogen) atoms. The van der Waals surface area contributed by atoms with Crippen LogP contribution in [0, 0.1) is 0 Å². The van der Waals surface area contributed by atoms with Gasteiger partial charge in [-0.15, -0.1) is 0 Å². The number of carbonyl (C=O) groups excluding carboxylic acids is 1. The van der Waals surface area contributed by atoms with Crippen LogP contribution in [0.2, 0.25) is 0 Å². The monoisotopic (exact) mass is 547 g/mol. The smallest absolute Gasteiger partial charge is 0.329 e. The van der Waals surface area contributed by atoms with Gasteiger partial charge in [0.25, 0.3) is 5.56 Å². The summed E-state index contributed by atoms with van der Waals surface area (Å²) in [6.45, 7) is 9.77. The third kappa shape index (κ3) is 5.45. The molecule has 3 aromatic heterocycles. The maximum Gasteiger partial charge on any atom is 0.329 e. The number of aliphatic imine (C=N–C) groups is 1. The van der Waals surface area contributed by atoms with E-state index >= 15 is 0 Å². The molecule has 2 saturated heterocycles. The van der Waals surface area contributed by atoms with Crippen LogP contribution < -0.4 is 11.2 Å². The molecule has 1 N–H and O–H groups in total. The van der Waals surface area contributed by atoms with Gasteiger partial charge in [-0.05, 0) is 31.9 Å². The van der Waals surface area contributed by atoms with E-state index in [0.717, 1.165) is 18.9 Å². The van der Waals surface area contributed by atoms with Crippen molar-refractivity contribution in [3.05, 3.63) is 63.7 Å². The molecule has 0 atom stereocenters. The average molecular weight is 548 g/mol. The highest BCUT2D eigenvalue weighted by Gasteiger charge is 2.27. The maximum absolute atomic E-state index is 13.2. The zero-order valence-corrected chi connectivity index (χ0v) is 22.8. The van der Waals surface area contributed by atoms with Crippen molar-refractivity contribution < 1.29 is 14.3 Å². The molecule has 0 bridgehead atoms. The van der Waals surface area contributed by atoms with E-state index in [-0.39, 0.29) is 23.9 Å². The number of aromatic nitrogens is 4. The zero-order valence-electron chi connectivity index (χ0n) is 22.8. The Kier molecular flexibility index (Phi) is 8.17. The van der Waals surface area contributed by atoms with Crippen LogP contribution in [0.4, 0.5) is 0 Å². The topological polar surface area (TPSA) is 135 Å². The molecule has 0 spiro atoms. The highest BCUT2D eigenvalue weighted by molar-refractivity contribution is 6.01. The van der Waals surface area contributed by atoms with Crippen molar-refractivity contribution >= 4 is 39.3 Å². The summed E-state index contributed by atoms with van der Waals surface area (Å²) in [7, 11) is 1.49. The van der Waals surface area contributed by atoms with Crippen LogP contribution in [-0.4, -0.2) is 94.2 Å². The second-order valence-electron chi connectivity index (χ2n) is 9.82. The number of carbonyl (C=O) groups is 1. The molecule has 0 radical (unpaired) electrons. The Labute approximate surface area is 230 Å². The van der Waals surface area contributed by atoms with E-state index in [2.05, 4.69) is 26.4 Å². The van der Waals surface area contributed by atoms with E-state index in [1.54, 1.807) is 21.7 Å². The number of hydrogen-bond donors (Lipinski definition) is 1. The van der Waals surface area contributed by atoms with Gasteiger partial charge >= 0.3 is 5.69 Å². The molecule has 0 unspecified atom stereocenters. The van der Waals surface area contributed by atoms with Crippen LogP contribution in [0.1, 0.15) is 31.5 Å². The summed E-state index contributed by atoms with van der Waals surface area (Å²) in [4.78, 5) is 58.6. The number of nitrogens with one attached hydrogen (secondary N) is 1. The van der Waals surface area contributed by atoms with E-state index in [0.29, 0.717) is 67.0 Å². The number of pyridine rings is 2. The number of morpholine rings is 1. The lowest BCUT2D eigenvalue weighted by Crippen LogP contribution is -2.43. The highest BCUT2D eigenvalue weighted by Crippen LogP contribution is 2.28. The largest absolute Gasteiger partial charge is 0.378 e. The number of amidine groups is 1. The minimum Gasteiger partial charge on any atom is -0.378 e. The number of piperidine rings is 1. The Morgan fingerprint density at radius 2 is 1.95 bits per heavy atom. The molecule has 0 saturated carbocycles. The fourth-order valence-corrected chi connectivity index (χ4v) is 5.24. The first-order valence-corrected chi connectivity index (χ1v) is 13.3. The summed E-state index contributed by atoms with van der Waals surface area (Å²) in [5.74, 6) is 0.780. The lowest BCUT2D eigenvalue weighted by Gasteiger charge is -2.33. The second kappa shape index (κ2) is 11.9. The lowest BCUT2D eigenvalue weighted by molar-refractivity contribution is -0.136. The molecule has 2 aliphatic rings. The predicted octanol–water partition coefficient (Wildman–Crippen LogP) is 1.72. The Bertz CT molecular complexity index is 1610. The van der Waals surface area contributed by atoms with Crippen LogP contribution in [0.3, 0.4) is 0 Å². The zero-order chi connectivity index (χ0) is 28.2. The van der Waals surface area contributed by atoms with Gasteiger partial charge < -0.3 is 19.3 Å². The summed E-state index contributed by atoms with van der Waals surface area (Å²) >= 11 is 0. The summed E-state index contributed by atoms with van der Waals surface area (Å²) < 4.78 is 12.0. The van der Waals surface area contributed by atoms with Gasteiger partial charge in [-0.2, -0.15) is 0 Å². The van der Waals surface area contributed by atoms with Gasteiger partial charge in [0.15, 0.2) is 0 Å². The van der Waals surface area contributed by atoms with Crippen molar-refractivity contribution in [3.8, 4) is 0 Å². The summed E-state index contributed by atoms with van der Waals surface area (Å²) in [6, 6.07) is 3.41. The van der Waals surface area contributed by atoms with Gasteiger partial charge in [0.1, 0.15) is 18.0 Å². The minimum atomic E-state index is -0.518. The normalized spacial score (nSPS) is 17.6. The molecule has 5 rings (SSSR count). The Balaban J connectivity index is 1.57. The van der Waals surface area contributed by atoms with Gasteiger partial charge in [-0.1, -0.05) is 12.7 Å². The predicted molar refractivity (Wildman–Crippen MR) is 152 cm³/mol. The Hall–Kier alpha value is -4.16. The number of aromatic amines is 1. The van der Waals surface area contributed by atoms with Gasteiger partial charge in [-0.3, -0.25) is 24.1 Å². The SMILES string of the molecule is C=C/C(=C\N=C(/C)N1CCOCC1)c1ccc2ncc3c(=O)[nH]c(=O)n(C4CCN(C(=O)COC)CC4)c3c2n1. The number of hydrogen-bond acceptors (Lipinski definition) is 8. The lowest BCUT2D eigenvalue weighted by atomic mass is 10.0. The third-order valence-electron chi connectivity index (χ3n) is 7.44. The van der Waals surface area contributed by atoms with Crippen LogP contribution in [0.5, 0.6) is 0 Å². The van der Waals surface area contributed by atoms with Crippen molar-refractivity contribution in [1.82, 2.24) is 29.3 Å². The van der Waals surface area contributed by atoms with Gasteiger partial charge in [0.05, 0.1) is 35.3 Å². The molecule has 5 heterocycles. The molecule has 0 aromatic carbocycles. The molecule has 3 aromatic rings. The van der Waals surface area contributed by atoms with Crippen LogP contribution >= 0.6 is 0 Å². The van der Waals surface area contributed by atoms with Gasteiger partial charge in [0, 0.05) is 57.3 Å². The average Bonchev–Trinajstić information content (AvgIpc) is 2.98. The molecule has 12 nitrogen and oxygen atoms in total. The number of nitrogens with zero attached hydrogens (tertiary/aromatic N) is 6. The van der Waals surface area contributed by atoms with E-state index in [1.807, 2.05) is 19.1 Å². The minimum absolute atomic E-state index is 0.0182. The number of methoxy groups -OCH3 is 1. The fourth-order valence-electron chi connectivity index (χ4n) is 5.24. The Morgan fingerprint density at radius 1 is 1.20 bits per heavy atom. The molecular weight excluding hydrogens is 514 g/mol. The van der Waals surface area contributed by atoms with E-state index in [4.69, 9.17) is 14.5 Å². The summed E-state index contributed by atoms with van der Waals surface area (Å²) in [6.07, 6.45) is 5.97. The highest BCUT2D eigenvalue weighted by atomic mass is 16.5. The summed E-state index contributed by atoms with van der Waals surface area (Å²) in [5, 5.41) is 0.278. The maximum atomic E-state index is 13.2. The number of H-pyrrole nitrogens is 1.